The molecule has 0 atom stereocenters. The van der Waals surface area contributed by atoms with Gasteiger partial charge in [-0.2, -0.15) is 0 Å². The number of ether oxygens (including phenoxy) is 1. The van der Waals surface area contributed by atoms with Gasteiger partial charge in [0, 0.05) is 0 Å². The maximum absolute atomic E-state index is 10.9. The van der Waals surface area contributed by atoms with Gasteiger partial charge < -0.3 is 10.1 Å². The number of anilines is 1. The second kappa shape index (κ2) is 7.39. The van der Waals surface area contributed by atoms with E-state index in [2.05, 4.69) is 49.5 Å². The summed E-state index contributed by atoms with van der Waals surface area (Å²) in [6.07, 6.45) is 5.02. The van der Waals surface area contributed by atoms with E-state index in [1.165, 1.54) is 27.8 Å². The van der Waals surface area contributed by atoms with Crippen LogP contribution in [0, 0.1) is 0 Å². The molecule has 128 valence electrons. The number of hydrogen-bond acceptors (Lipinski definition) is 2. The average molecular weight is 333 g/mol. The van der Waals surface area contributed by atoms with Crippen molar-refractivity contribution >= 4 is 23.7 Å². The molecule has 3 nitrogen and oxygen atoms in total. The molecule has 0 saturated carbocycles. The predicted molar refractivity (Wildman–Crippen MR) is 104 cm³/mol. The van der Waals surface area contributed by atoms with Gasteiger partial charge in [0.1, 0.15) is 5.75 Å². The first-order valence-electron chi connectivity index (χ1n) is 8.49. The number of hydrogen-bond donors (Lipinski definition) is 1. The molecule has 25 heavy (non-hydrogen) atoms. The van der Waals surface area contributed by atoms with Gasteiger partial charge in [0.15, 0.2) is 0 Å². The van der Waals surface area contributed by atoms with Crippen LogP contribution in [0.4, 0.5) is 5.69 Å². The van der Waals surface area contributed by atoms with Crippen molar-refractivity contribution < 1.29 is 9.53 Å². The van der Waals surface area contributed by atoms with E-state index in [-0.39, 0.29) is 0 Å². The van der Waals surface area contributed by atoms with Crippen molar-refractivity contribution in [2.75, 3.05) is 12.4 Å². The van der Waals surface area contributed by atoms with Crippen molar-refractivity contribution in [2.24, 2.45) is 0 Å². The largest absolute Gasteiger partial charge is 0.495 e. The van der Waals surface area contributed by atoms with E-state index in [0.717, 1.165) is 18.4 Å². The van der Waals surface area contributed by atoms with Crippen LogP contribution in [0.3, 0.4) is 0 Å². The number of amides is 1. The highest BCUT2D eigenvalue weighted by molar-refractivity contribution is 5.93. The minimum absolute atomic E-state index is 0.652. The molecule has 3 heteroatoms. The molecule has 1 aliphatic rings. The average Bonchev–Trinajstić information content (AvgIpc) is 2.75. The minimum Gasteiger partial charge on any atom is -0.495 e. The maximum atomic E-state index is 10.9. The zero-order valence-electron chi connectivity index (χ0n) is 14.9. The summed E-state index contributed by atoms with van der Waals surface area (Å²) in [6, 6.07) is 14.4. The summed E-state index contributed by atoms with van der Waals surface area (Å²) >= 11 is 0. The first-order chi connectivity index (χ1) is 12.1. The third kappa shape index (κ3) is 3.50. The van der Waals surface area contributed by atoms with Crippen LogP contribution in [0.5, 0.6) is 5.75 Å². The van der Waals surface area contributed by atoms with E-state index in [1.807, 2.05) is 18.2 Å². The zero-order valence-corrected chi connectivity index (χ0v) is 14.9. The van der Waals surface area contributed by atoms with E-state index in [0.29, 0.717) is 17.8 Å². The van der Waals surface area contributed by atoms with Crippen LogP contribution in [-0.4, -0.2) is 13.5 Å². The number of nitrogens with one attached hydrogen (secondary N) is 1. The zero-order chi connectivity index (χ0) is 17.8. The van der Waals surface area contributed by atoms with Crippen molar-refractivity contribution in [1.29, 1.82) is 0 Å². The van der Waals surface area contributed by atoms with E-state index in [1.54, 1.807) is 7.11 Å². The highest BCUT2D eigenvalue weighted by atomic mass is 16.5. The molecule has 0 heterocycles. The van der Waals surface area contributed by atoms with Crippen LogP contribution in [0.1, 0.15) is 37.0 Å². The Labute approximate surface area is 149 Å². The van der Waals surface area contributed by atoms with Gasteiger partial charge in [0.05, 0.1) is 12.8 Å². The van der Waals surface area contributed by atoms with Crippen LogP contribution < -0.4 is 10.1 Å². The Hall–Kier alpha value is -2.81. The topological polar surface area (TPSA) is 38.3 Å². The fourth-order valence-electron chi connectivity index (χ4n) is 3.29. The maximum Gasteiger partial charge on any atom is 0.211 e. The highest BCUT2D eigenvalue weighted by Gasteiger charge is 2.16. The number of rotatable bonds is 4. The van der Waals surface area contributed by atoms with E-state index >= 15 is 0 Å². The molecule has 2 aromatic carbocycles. The summed E-state index contributed by atoms with van der Waals surface area (Å²) in [4.78, 5) is 10.9. The molecule has 0 unspecified atom stereocenters. The van der Waals surface area contributed by atoms with Crippen molar-refractivity contribution in [2.45, 2.75) is 26.7 Å². The Balaban J connectivity index is 2.14. The first-order valence-corrected chi connectivity index (χ1v) is 8.49. The molecule has 1 aliphatic carbocycles. The Morgan fingerprint density at radius 2 is 1.88 bits per heavy atom. The SMILES string of the molecule is COc1ccc(/C=C2\C(C)=C(C)CCc3ccccc32)cc1NC=O. The normalized spacial score (nSPS) is 15.6. The Bertz CT molecular complexity index is 862. The predicted octanol–water partition coefficient (Wildman–Crippen LogP) is 5.09. The number of methoxy groups -OCH3 is 1. The van der Waals surface area contributed by atoms with Crippen molar-refractivity contribution in [3.8, 4) is 5.75 Å². The highest BCUT2D eigenvalue weighted by Crippen LogP contribution is 2.36. The molecular formula is C22H23NO2. The van der Waals surface area contributed by atoms with Crippen molar-refractivity contribution in [3.05, 3.63) is 70.3 Å². The summed E-state index contributed by atoms with van der Waals surface area (Å²) in [5, 5.41) is 2.71. The molecule has 1 N–H and O–H groups in total. The molecule has 0 spiro atoms. The lowest BCUT2D eigenvalue weighted by atomic mass is 9.93. The number of fused-ring (bicyclic) bond motifs is 1. The molecule has 0 fully saturated rings. The Morgan fingerprint density at radius 3 is 2.64 bits per heavy atom. The molecule has 1 amide bonds. The number of carbonyl (C=O) groups is 1. The lowest BCUT2D eigenvalue weighted by Crippen LogP contribution is -1.98. The van der Waals surface area contributed by atoms with Gasteiger partial charge in [-0.1, -0.05) is 35.9 Å². The molecule has 0 aliphatic heterocycles. The fraction of sp³-hybridized carbons (Fsp3) is 0.227. The monoisotopic (exact) mass is 333 g/mol. The number of allylic oxidation sites excluding steroid dienone is 3. The van der Waals surface area contributed by atoms with Crippen LogP contribution in [0.15, 0.2) is 53.6 Å². The van der Waals surface area contributed by atoms with Crippen LogP contribution >= 0.6 is 0 Å². The third-order valence-corrected chi connectivity index (χ3v) is 4.87. The molecule has 3 rings (SSSR count). The number of benzene rings is 2. The van der Waals surface area contributed by atoms with E-state index in [4.69, 9.17) is 4.74 Å². The van der Waals surface area contributed by atoms with Crippen LogP contribution in [0.25, 0.3) is 11.6 Å². The van der Waals surface area contributed by atoms with Gasteiger partial charge in [-0.15, -0.1) is 0 Å². The molecule has 2 aromatic rings. The lowest BCUT2D eigenvalue weighted by Gasteiger charge is -2.13. The number of carbonyl (C=O) groups excluding carboxylic acids is 1. The fourth-order valence-corrected chi connectivity index (χ4v) is 3.29. The van der Waals surface area contributed by atoms with E-state index < -0.39 is 0 Å². The Kier molecular flexibility index (Phi) is 5.03. The quantitative estimate of drug-likeness (QED) is 0.792. The molecule has 0 radical (unpaired) electrons. The van der Waals surface area contributed by atoms with Crippen molar-refractivity contribution in [3.63, 3.8) is 0 Å². The first kappa shape index (κ1) is 17.0. The Morgan fingerprint density at radius 1 is 1.08 bits per heavy atom. The molecule has 0 aromatic heterocycles. The van der Waals surface area contributed by atoms with Crippen LogP contribution in [-0.2, 0) is 11.2 Å². The second-order valence-electron chi connectivity index (χ2n) is 6.34. The summed E-state index contributed by atoms with van der Waals surface area (Å²) in [5.74, 6) is 0.652. The van der Waals surface area contributed by atoms with Gasteiger partial charge in [-0.25, -0.2) is 0 Å². The smallest absolute Gasteiger partial charge is 0.211 e. The second-order valence-corrected chi connectivity index (χ2v) is 6.34. The van der Waals surface area contributed by atoms with Gasteiger partial charge in [0.2, 0.25) is 6.41 Å². The summed E-state index contributed by atoms with van der Waals surface area (Å²) in [5.41, 5.74) is 8.36. The molecule has 0 bridgehead atoms. The lowest BCUT2D eigenvalue weighted by molar-refractivity contribution is -0.105. The molecule has 0 saturated heterocycles. The summed E-state index contributed by atoms with van der Waals surface area (Å²) < 4.78 is 5.31. The standard InChI is InChI=1S/C22H23NO2/c1-15-8-10-18-6-4-5-7-19(18)20(16(15)2)12-17-9-11-22(25-3)21(13-17)23-14-24/h4-7,9,11-14H,8,10H2,1-3H3,(H,23,24)/b20-12+. The third-order valence-electron chi connectivity index (χ3n) is 4.87. The number of aryl methyl sites for hydroxylation is 1. The van der Waals surface area contributed by atoms with Gasteiger partial charge in [-0.3, -0.25) is 4.79 Å². The van der Waals surface area contributed by atoms with Gasteiger partial charge in [0.25, 0.3) is 0 Å². The van der Waals surface area contributed by atoms with Crippen molar-refractivity contribution in [1.82, 2.24) is 0 Å². The van der Waals surface area contributed by atoms with E-state index in [9.17, 15) is 4.79 Å². The summed E-state index contributed by atoms with van der Waals surface area (Å²) in [6.45, 7) is 4.40. The van der Waals surface area contributed by atoms with Gasteiger partial charge >= 0.3 is 0 Å². The summed E-state index contributed by atoms with van der Waals surface area (Å²) in [7, 11) is 1.60. The van der Waals surface area contributed by atoms with Crippen LogP contribution in [0.2, 0.25) is 0 Å². The minimum atomic E-state index is 0.652. The van der Waals surface area contributed by atoms with Gasteiger partial charge in [-0.05, 0) is 72.7 Å². The molecular weight excluding hydrogens is 310 g/mol.